The Morgan fingerprint density at radius 2 is 0.841 bits per heavy atom. The largest absolute Gasteiger partial charge is 0.452 e. The highest BCUT2D eigenvalue weighted by molar-refractivity contribution is 6.28. The van der Waals surface area contributed by atoms with Crippen molar-refractivity contribution in [1.29, 1.82) is 0 Å². The second kappa shape index (κ2) is 9.75. The van der Waals surface area contributed by atoms with Gasteiger partial charge in [-0.3, -0.25) is 0 Å². The third-order valence-electron chi connectivity index (χ3n) is 8.53. The summed E-state index contributed by atoms with van der Waals surface area (Å²) in [6, 6.07) is 53.6. The SMILES string of the molecule is c1ccc(-n2c3ccccc3c3c4c5ccccc5n(-[n+]5c[n+](-c6ccccc6)c[n+](-c6ccccc6)c5)c4ccc32)cc1. The molecule has 0 N–H and O–H groups in total. The Morgan fingerprint density at radius 3 is 1.48 bits per heavy atom. The van der Waals surface area contributed by atoms with Crippen molar-refractivity contribution in [2.75, 3.05) is 0 Å². The van der Waals surface area contributed by atoms with Crippen LogP contribution in [0.2, 0.25) is 0 Å². The number of hydrogen-bond donors (Lipinski definition) is 0. The topological polar surface area (TPSA) is 21.5 Å². The van der Waals surface area contributed by atoms with Crippen LogP contribution in [-0.2, 0) is 0 Å². The molecule has 0 unspecified atom stereocenters. The van der Waals surface area contributed by atoms with Crippen molar-refractivity contribution in [2.45, 2.75) is 0 Å². The van der Waals surface area contributed by atoms with Gasteiger partial charge in [-0.1, -0.05) is 91.0 Å². The van der Waals surface area contributed by atoms with E-state index < -0.39 is 0 Å². The summed E-state index contributed by atoms with van der Waals surface area (Å²) in [5, 5.41) is 4.98. The molecule has 9 aromatic rings. The zero-order valence-corrected chi connectivity index (χ0v) is 23.9. The predicted octanol–water partition coefficient (Wildman–Crippen LogP) is 7.04. The normalized spacial score (nSPS) is 11.6. The molecule has 3 aromatic heterocycles. The van der Waals surface area contributed by atoms with Gasteiger partial charge in [-0.05, 0) is 45.5 Å². The number of fused-ring (bicyclic) bond motifs is 7. The number of benzene rings is 6. The second-order valence-electron chi connectivity index (χ2n) is 11.1. The standard InChI is InChI=1S/C39H28N5/c1-4-14-29(15-5-1)40-26-41(30-16-6-2-7-17-30)28-42(27-40)44-35-23-13-11-21-33(35)39-37(44)25-24-36-38(39)32-20-10-12-22-34(32)43(36)31-18-8-3-9-19-31/h1-28H/q+3. The molecule has 0 fully saturated rings. The van der Waals surface area contributed by atoms with E-state index in [4.69, 9.17) is 0 Å². The van der Waals surface area contributed by atoms with Gasteiger partial charge in [0, 0.05) is 56.2 Å². The molecule has 9 rings (SSSR count). The molecular formula is C39H28N5+3. The Bertz CT molecular complexity index is 2420. The lowest BCUT2D eigenvalue weighted by Crippen LogP contribution is -2.58. The Morgan fingerprint density at radius 1 is 0.364 bits per heavy atom. The molecule has 0 aliphatic rings. The summed E-state index contributed by atoms with van der Waals surface area (Å²) in [6.07, 6.45) is 6.43. The molecule has 0 saturated carbocycles. The van der Waals surface area contributed by atoms with Crippen molar-refractivity contribution in [3.8, 4) is 17.1 Å². The first kappa shape index (κ1) is 24.5. The molecule has 0 spiro atoms. The minimum atomic E-state index is 1.08. The maximum atomic E-state index is 2.39. The molecule has 0 amide bonds. The average Bonchev–Trinajstić information content (AvgIpc) is 3.62. The van der Waals surface area contributed by atoms with Crippen LogP contribution in [0, 0.1) is 0 Å². The van der Waals surface area contributed by atoms with E-state index in [1.807, 2.05) is 0 Å². The van der Waals surface area contributed by atoms with Gasteiger partial charge in [-0.2, -0.15) is 0 Å². The monoisotopic (exact) mass is 566 g/mol. The van der Waals surface area contributed by atoms with E-state index in [1.165, 1.54) is 32.6 Å². The number of aromatic nitrogens is 5. The van der Waals surface area contributed by atoms with Gasteiger partial charge >= 0.3 is 19.0 Å². The highest BCUT2D eigenvalue weighted by Crippen LogP contribution is 2.40. The van der Waals surface area contributed by atoms with Gasteiger partial charge in [0.05, 0.1) is 11.0 Å². The van der Waals surface area contributed by atoms with Crippen molar-refractivity contribution in [2.24, 2.45) is 0 Å². The van der Waals surface area contributed by atoms with Crippen LogP contribution < -0.4 is 13.8 Å². The quantitative estimate of drug-likeness (QED) is 0.204. The van der Waals surface area contributed by atoms with E-state index in [2.05, 4.69) is 194 Å². The molecule has 0 aliphatic heterocycles. The third-order valence-corrected chi connectivity index (χ3v) is 8.53. The van der Waals surface area contributed by atoms with Crippen molar-refractivity contribution in [3.05, 3.63) is 171 Å². The van der Waals surface area contributed by atoms with E-state index in [0.29, 0.717) is 0 Å². The maximum Gasteiger partial charge on any atom is 0.452 e. The molecule has 3 heterocycles. The van der Waals surface area contributed by atoms with Crippen molar-refractivity contribution >= 4 is 43.6 Å². The molecule has 0 bridgehead atoms. The Labute approximate surface area is 253 Å². The van der Waals surface area contributed by atoms with Crippen LogP contribution >= 0.6 is 0 Å². The van der Waals surface area contributed by atoms with Gasteiger partial charge in [0.1, 0.15) is 11.0 Å². The van der Waals surface area contributed by atoms with Crippen LogP contribution in [-0.4, -0.2) is 9.24 Å². The fraction of sp³-hybridized carbons (Fsp3) is 0. The summed E-state index contributed by atoms with van der Waals surface area (Å²) in [6.45, 7) is 0. The summed E-state index contributed by atoms with van der Waals surface area (Å²) in [5.41, 5.74) is 8.01. The third kappa shape index (κ3) is 3.69. The molecule has 0 aliphatic carbocycles. The molecular weight excluding hydrogens is 538 g/mol. The first-order chi connectivity index (χ1) is 21.8. The van der Waals surface area contributed by atoms with Gasteiger partial charge in [0.25, 0.3) is 0 Å². The Balaban J connectivity index is 1.41. The Hall–Kier alpha value is -6.07. The van der Waals surface area contributed by atoms with E-state index in [1.54, 1.807) is 0 Å². The van der Waals surface area contributed by atoms with Gasteiger partial charge in [0.2, 0.25) is 11.4 Å². The van der Waals surface area contributed by atoms with Crippen LogP contribution in [0.1, 0.15) is 0 Å². The van der Waals surface area contributed by atoms with Crippen molar-refractivity contribution < 1.29 is 13.8 Å². The zero-order chi connectivity index (χ0) is 29.0. The van der Waals surface area contributed by atoms with E-state index in [9.17, 15) is 0 Å². The summed E-state index contributed by atoms with van der Waals surface area (Å²) in [7, 11) is 0. The molecule has 6 aromatic carbocycles. The minimum Gasteiger partial charge on any atom is -0.309 e. The van der Waals surface area contributed by atoms with Gasteiger partial charge in [-0.15, -0.1) is 4.68 Å². The molecule has 0 saturated heterocycles. The van der Waals surface area contributed by atoms with E-state index in [-0.39, 0.29) is 0 Å². The molecule has 44 heavy (non-hydrogen) atoms. The van der Waals surface area contributed by atoms with Gasteiger partial charge < -0.3 is 4.57 Å². The van der Waals surface area contributed by atoms with Gasteiger partial charge in [-0.25, -0.2) is 0 Å². The number of rotatable bonds is 4. The smallest absolute Gasteiger partial charge is 0.309 e. The number of nitrogens with zero attached hydrogens (tertiary/aromatic N) is 5. The molecule has 0 atom stereocenters. The average molecular weight is 567 g/mol. The molecule has 5 nitrogen and oxygen atoms in total. The summed E-state index contributed by atoms with van der Waals surface area (Å²) in [5.74, 6) is 0. The summed E-state index contributed by atoms with van der Waals surface area (Å²) in [4.78, 5) is 0. The van der Waals surface area contributed by atoms with Crippen LogP contribution in [0.3, 0.4) is 0 Å². The van der Waals surface area contributed by atoms with Crippen LogP contribution in [0.4, 0.5) is 0 Å². The van der Waals surface area contributed by atoms with E-state index >= 15 is 0 Å². The fourth-order valence-corrected chi connectivity index (χ4v) is 6.65. The minimum absolute atomic E-state index is 1.08. The van der Waals surface area contributed by atoms with E-state index in [0.717, 1.165) is 28.1 Å². The zero-order valence-electron chi connectivity index (χ0n) is 23.9. The van der Waals surface area contributed by atoms with Gasteiger partial charge in [0.15, 0.2) is 0 Å². The summed E-state index contributed by atoms with van der Waals surface area (Å²) >= 11 is 0. The van der Waals surface area contributed by atoms with Crippen LogP contribution in [0.25, 0.3) is 60.7 Å². The van der Waals surface area contributed by atoms with Crippen molar-refractivity contribution in [1.82, 2.24) is 9.24 Å². The first-order valence-electron chi connectivity index (χ1n) is 14.9. The van der Waals surface area contributed by atoms with Crippen LogP contribution in [0.5, 0.6) is 0 Å². The number of para-hydroxylation sites is 5. The maximum absolute atomic E-state index is 2.39. The highest BCUT2D eigenvalue weighted by Gasteiger charge is 2.29. The first-order valence-corrected chi connectivity index (χ1v) is 14.9. The lowest BCUT2D eigenvalue weighted by Gasteiger charge is -2.07. The highest BCUT2D eigenvalue weighted by atomic mass is 15.5. The van der Waals surface area contributed by atoms with Crippen LogP contribution in [0.15, 0.2) is 171 Å². The molecule has 206 valence electrons. The summed E-state index contributed by atoms with van der Waals surface area (Å²) < 4.78 is 11.3. The molecule has 5 heteroatoms. The lowest BCUT2D eigenvalue weighted by molar-refractivity contribution is -0.901. The lowest BCUT2D eigenvalue weighted by atomic mass is 10.1. The number of hydrogen-bond acceptors (Lipinski definition) is 0. The molecule has 0 radical (unpaired) electrons. The fourth-order valence-electron chi connectivity index (χ4n) is 6.65. The Kier molecular flexibility index (Phi) is 5.43. The predicted molar refractivity (Wildman–Crippen MR) is 174 cm³/mol. The van der Waals surface area contributed by atoms with Crippen molar-refractivity contribution in [3.63, 3.8) is 0 Å². The second-order valence-corrected chi connectivity index (χ2v) is 11.1.